The van der Waals surface area contributed by atoms with Crippen LogP contribution in [0.15, 0.2) is 29.3 Å². The van der Waals surface area contributed by atoms with Crippen molar-refractivity contribution in [3.63, 3.8) is 0 Å². The summed E-state index contributed by atoms with van der Waals surface area (Å²) in [6.45, 7) is 3.65. The van der Waals surface area contributed by atoms with E-state index in [1.807, 2.05) is 6.92 Å². The Morgan fingerprint density at radius 2 is 2.04 bits per heavy atom. The molecule has 1 heterocycles. The van der Waals surface area contributed by atoms with Gasteiger partial charge in [0, 0.05) is 31.8 Å². The van der Waals surface area contributed by atoms with Crippen LogP contribution in [0.2, 0.25) is 0 Å². The molecule has 0 bridgehead atoms. The fourth-order valence-electron chi connectivity index (χ4n) is 3.15. The SMILES string of the molecule is COCC(C)NC(N)=NCC1(c2cccc(C(F)(F)F)c2)CCOCC1.I. The molecule has 154 valence electrons. The second-order valence-electron chi connectivity index (χ2n) is 6.67. The summed E-state index contributed by atoms with van der Waals surface area (Å²) in [7, 11) is 1.59. The van der Waals surface area contributed by atoms with Crippen LogP contribution in [0.4, 0.5) is 13.2 Å². The van der Waals surface area contributed by atoms with Gasteiger partial charge in [-0.15, -0.1) is 24.0 Å². The lowest BCUT2D eigenvalue weighted by molar-refractivity contribution is -0.137. The Hall–Kier alpha value is -1.07. The van der Waals surface area contributed by atoms with Crippen LogP contribution in [0.25, 0.3) is 0 Å². The van der Waals surface area contributed by atoms with Crippen molar-refractivity contribution < 1.29 is 22.6 Å². The fraction of sp³-hybridized carbons (Fsp3) is 0.611. The highest BCUT2D eigenvalue weighted by Crippen LogP contribution is 2.38. The average Bonchev–Trinajstić information content (AvgIpc) is 2.60. The van der Waals surface area contributed by atoms with Crippen molar-refractivity contribution in [3.05, 3.63) is 35.4 Å². The summed E-state index contributed by atoms with van der Waals surface area (Å²) in [5.74, 6) is 0.257. The molecule has 0 aromatic heterocycles. The van der Waals surface area contributed by atoms with E-state index in [0.29, 0.717) is 44.8 Å². The maximum absolute atomic E-state index is 13.1. The molecule has 0 saturated carbocycles. The molecular formula is C18H27F3IN3O2. The lowest BCUT2D eigenvalue weighted by atomic mass is 9.74. The average molecular weight is 501 g/mol. The number of benzene rings is 1. The van der Waals surface area contributed by atoms with Gasteiger partial charge in [0.15, 0.2) is 5.96 Å². The van der Waals surface area contributed by atoms with Crippen molar-refractivity contribution in [1.29, 1.82) is 0 Å². The highest BCUT2D eigenvalue weighted by atomic mass is 127. The van der Waals surface area contributed by atoms with Gasteiger partial charge in [-0.3, -0.25) is 4.99 Å². The van der Waals surface area contributed by atoms with Crippen LogP contribution in [-0.2, 0) is 21.1 Å². The molecule has 1 unspecified atom stereocenters. The van der Waals surface area contributed by atoms with E-state index in [1.54, 1.807) is 13.2 Å². The molecular weight excluding hydrogens is 474 g/mol. The molecule has 0 radical (unpaired) electrons. The maximum atomic E-state index is 13.1. The molecule has 1 aliphatic heterocycles. The molecule has 1 aliphatic rings. The Labute approximate surface area is 174 Å². The van der Waals surface area contributed by atoms with Crippen molar-refractivity contribution in [2.45, 2.75) is 37.4 Å². The van der Waals surface area contributed by atoms with Gasteiger partial charge in [0.25, 0.3) is 0 Å². The Morgan fingerprint density at radius 1 is 1.37 bits per heavy atom. The number of nitrogens with zero attached hydrogens (tertiary/aromatic N) is 1. The Bertz CT molecular complexity index is 620. The summed E-state index contributed by atoms with van der Waals surface area (Å²) in [5, 5.41) is 3.02. The first-order valence-corrected chi connectivity index (χ1v) is 8.58. The zero-order valence-corrected chi connectivity index (χ0v) is 17.8. The van der Waals surface area contributed by atoms with E-state index < -0.39 is 17.2 Å². The molecule has 1 atom stereocenters. The van der Waals surface area contributed by atoms with Crippen LogP contribution in [0.5, 0.6) is 0 Å². The number of methoxy groups -OCH3 is 1. The van der Waals surface area contributed by atoms with Gasteiger partial charge in [-0.05, 0) is 31.4 Å². The number of hydrogen-bond acceptors (Lipinski definition) is 3. The molecule has 1 aromatic rings. The van der Waals surface area contributed by atoms with Crippen LogP contribution in [0, 0.1) is 0 Å². The third-order valence-corrected chi connectivity index (χ3v) is 4.62. The molecule has 1 fully saturated rings. The third-order valence-electron chi connectivity index (χ3n) is 4.62. The fourth-order valence-corrected chi connectivity index (χ4v) is 3.15. The number of rotatable bonds is 6. The molecule has 27 heavy (non-hydrogen) atoms. The van der Waals surface area contributed by atoms with Crippen molar-refractivity contribution in [2.24, 2.45) is 10.7 Å². The third kappa shape index (κ3) is 6.79. The van der Waals surface area contributed by atoms with E-state index in [9.17, 15) is 13.2 Å². The van der Waals surface area contributed by atoms with E-state index in [2.05, 4.69) is 10.3 Å². The number of alkyl halides is 3. The van der Waals surface area contributed by atoms with E-state index in [4.69, 9.17) is 15.2 Å². The lowest BCUT2D eigenvalue weighted by Gasteiger charge is -2.37. The molecule has 2 rings (SSSR count). The number of halogens is 4. The number of aliphatic imine (C=N–C) groups is 1. The molecule has 9 heteroatoms. The second kappa shape index (κ2) is 10.5. The standard InChI is InChI=1S/C18H26F3N3O2.HI/c1-13(11-25-2)24-16(22)23-12-17(6-8-26-9-7-17)14-4-3-5-15(10-14)18(19,20)21;/h3-5,10,13H,6-9,11-12H2,1-2H3,(H3,22,23,24);1H. The predicted octanol–water partition coefficient (Wildman–Crippen LogP) is 3.31. The number of hydrogen-bond donors (Lipinski definition) is 2. The lowest BCUT2D eigenvalue weighted by Crippen LogP contribution is -2.43. The Kier molecular flexibility index (Phi) is 9.29. The van der Waals surface area contributed by atoms with Gasteiger partial charge in [-0.25, -0.2) is 0 Å². The topological polar surface area (TPSA) is 68.9 Å². The minimum Gasteiger partial charge on any atom is -0.383 e. The summed E-state index contributed by atoms with van der Waals surface area (Å²) >= 11 is 0. The van der Waals surface area contributed by atoms with Gasteiger partial charge in [0.2, 0.25) is 0 Å². The van der Waals surface area contributed by atoms with Crippen LogP contribution >= 0.6 is 24.0 Å². The first-order valence-electron chi connectivity index (χ1n) is 8.58. The molecule has 0 spiro atoms. The van der Waals surface area contributed by atoms with Gasteiger partial charge >= 0.3 is 6.18 Å². The quantitative estimate of drug-likeness (QED) is 0.357. The smallest absolute Gasteiger partial charge is 0.383 e. The summed E-state index contributed by atoms with van der Waals surface area (Å²) < 4.78 is 49.7. The Morgan fingerprint density at radius 3 is 2.63 bits per heavy atom. The number of guanidine groups is 1. The molecule has 1 saturated heterocycles. The minimum atomic E-state index is -4.37. The number of nitrogens with two attached hydrogens (primary N) is 1. The van der Waals surface area contributed by atoms with E-state index >= 15 is 0 Å². The normalized spacial score (nSPS) is 18.5. The monoisotopic (exact) mass is 501 g/mol. The van der Waals surface area contributed by atoms with Crippen LogP contribution in [0.1, 0.15) is 30.9 Å². The highest BCUT2D eigenvalue weighted by Gasteiger charge is 2.37. The van der Waals surface area contributed by atoms with E-state index in [1.165, 1.54) is 12.1 Å². The van der Waals surface area contributed by atoms with Crippen molar-refractivity contribution in [1.82, 2.24) is 5.32 Å². The summed E-state index contributed by atoms with van der Waals surface area (Å²) in [6.07, 6.45) is -3.18. The van der Waals surface area contributed by atoms with E-state index in [0.717, 1.165) is 6.07 Å². The van der Waals surface area contributed by atoms with Crippen LogP contribution in [0.3, 0.4) is 0 Å². The van der Waals surface area contributed by atoms with Crippen LogP contribution in [-0.4, -0.2) is 45.5 Å². The minimum absolute atomic E-state index is 0. The zero-order valence-electron chi connectivity index (χ0n) is 15.5. The molecule has 1 aromatic carbocycles. The maximum Gasteiger partial charge on any atom is 0.416 e. The molecule has 5 nitrogen and oxygen atoms in total. The second-order valence-corrected chi connectivity index (χ2v) is 6.67. The summed E-state index contributed by atoms with van der Waals surface area (Å²) in [4.78, 5) is 4.40. The van der Waals surface area contributed by atoms with Gasteiger partial charge < -0.3 is 20.5 Å². The van der Waals surface area contributed by atoms with Gasteiger partial charge in [0.05, 0.1) is 18.7 Å². The molecule has 0 amide bonds. The Balaban J connectivity index is 0.00000364. The zero-order chi connectivity index (χ0) is 19.2. The van der Waals surface area contributed by atoms with Gasteiger partial charge in [-0.2, -0.15) is 13.2 Å². The molecule has 0 aliphatic carbocycles. The van der Waals surface area contributed by atoms with Crippen LogP contribution < -0.4 is 11.1 Å². The van der Waals surface area contributed by atoms with Crippen molar-refractivity contribution in [2.75, 3.05) is 33.5 Å². The number of nitrogens with one attached hydrogen (secondary N) is 1. The summed E-state index contributed by atoms with van der Waals surface area (Å²) in [6, 6.07) is 5.47. The van der Waals surface area contributed by atoms with Crippen molar-refractivity contribution >= 4 is 29.9 Å². The van der Waals surface area contributed by atoms with Gasteiger partial charge in [-0.1, -0.05) is 18.2 Å². The van der Waals surface area contributed by atoms with Crippen molar-refractivity contribution in [3.8, 4) is 0 Å². The predicted molar refractivity (Wildman–Crippen MR) is 110 cm³/mol. The molecule has 3 N–H and O–H groups in total. The largest absolute Gasteiger partial charge is 0.416 e. The van der Waals surface area contributed by atoms with E-state index in [-0.39, 0.29) is 36.0 Å². The summed E-state index contributed by atoms with van der Waals surface area (Å²) in [5.41, 5.74) is 5.39. The first kappa shape index (κ1) is 24.0. The number of ether oxygens (including phenoxy) is 2. The first-order chi connectivity index (χ1) is 12.3. The highest BCUT2D eigenvalue weighted by molar-refractivity contribution is 14.0. The van der Waals surface area contributed by atoms with Gasteiger partial charge in [0.1, 0.15) is 0 Å².